The molecule has 0 atom stereocenters. The Labute approximate surface area is 117 Å². The standard InChI is InChI=1S/C14H20F2N2O2/c1-10(2)18(6-3-7-19)9-14(20)17-13-5-4-11(15)8-12(13)16/h4-5,8,10,19H,3,6-7,9H2,1-2H3,(H,17,20). The third-order valence-electron chi connectivity index (χ3n) is 2.89. The Morgan fingerprint density at radius 1 is 1.40 bits per heavy atom. The maximum atomic E-state index is 13.4. The van der Waals surface area contributed by atoms with Gasteiger partial charge in [-0.05, 0) is 32.4 Å². The number of carbonyl (C=O) groups is 1. The average molecular weight is 286 g/mol. The summed E-state index contributed by atoms with van der Waals surface area (Å²) in [5.41, 5.74) is -0.0396. The third-order valence-corrected chi connectivity index (χ3v) is 2.89. The molecule has 20 heavy (non-hydrogen) atoms. The summed E-state index contributed by atoms with van der Waals surface area (Å²) in [6, 6.07) is 3.13. The molecule has 0 radical (unpaired) electrons. The van der Waals surface area contributed by atoms with Gasteiger partial charge in [0.2, 0.25) is 5.91 Å². The number of nitrogens with zero attached hydrogens (tertiary/aromatic N) is 1. The van der Waals surface area contributed by atoms with Crippen LogP contribution in [0.1, 0.15) is 20.3 Å². The van der Waals surface area contributed by atoms with Crippen molar-refractivity contribution in [2.45, 2.75) is 26.3 Å². The number of nitrogens with one attached hydrogen (secondary N) is 1. The molecule has 0 aliphatic carbocycles. The maximum absolute atomic E-state index is 13.4. The second kappa shape index (κ2) is 7.91. The van der Waals surface area contributed by atoms with Crippen molar-refractivity contribution in [3.05, 3.63) is 29.8 Å². The molecular formula is C14H20F2N2O2. The Morgan fingerprint density at radius 3 is 2.65 bits per heavy atom. The quantitative estimate of drug-likeness (QED) is 0.806. The molecule has 1 aromatic carbocycles. The van der Waals surface area contributed by atoms with Gasteiger partial charge in [-0.1, -0.05) is 0 Å². The van der Waals surface area contributed by atoms with Crippen LogP contribution in [0, 0.1) is 11.6 Å². The summed E-state index contributed by atoms with van der Waals surface area (Å²) in [4.78, 5) is 13.7. The van der Waals surface area contributed by atoms with E-state index in [0.29, 0.717) is 13.0 Å². The highest BCUT2D eigenvalue weighted by Gasteiger charge is 2.15. The van der Waals surface area contributed by atoms with Gasteiger partial charge in [0, 0.05) is 25.3 Å². The molecule has 0 aliphatic rings. The Balaban J connectivity index is 2.61. The van der Waals surface area contributed by atoms with Gasteiger partial charge in [-0.2, -0.15) is 0 Å². The number of amides is 1. The fraction of sp³-hybridized carbons (Fsp3) is 0.500. The molecule has 0 aliphatic heterocycles. The number of hydrogen-bond donors (Lipinski definition) is 2. The van der Waals surface area contributed by atoms with E-state index in [1.54, 1.807) is 0 Å². The van der Waals surface area contributed by atoms with Gasteiger partial charge < -0.3 is 10.4 Å². The molecule has 0 fully saturated rings. The Morgan fingerprint density at radius 2 is 2.10 bits per heavy atom. The number of anilines is 1. The van der Waals surface area contributed by atoms with Crippen LogP contribution in [-0.2, 0) is 4.79 Å². The van der Waals surface area contributed by atoms with Gasteiger partial charge in [-0.3, -0.25) is 9.69 Å². The molecule has 4 nitrogen and oxygen atoms in total. The molecule has 6 heteroatoms. The summed E-state index contributed by atoms with van der Waals surface area (Å²) < 4.78 is 26.2. The van der Waals surface area contributed by atoms with Crippen molar-refractivity contribution in [1.29, 1.82) is 0 Å². The van der Waals surface area contributed by atoms with E-state index in [2.05, 4.69) is 5.32 Å². The lowest BCUT2D eigenvalue weighted by molar-refractivity contribution is -0.117. The summed E-state index contributed by atoms with van der Waals surface area (Å²) in [5, 5.41) is 11.2. The minimum Gasteiger partial charge on any atom is -0.396 e. The number of hydrogen-bond acceptors (Lipinski definition) is 3. The number of carbonyl (C=O) groups excluding carboxylic acids is 1. The second-order valence-corrected chi connectivity index (χ2v) is 4.81. The highest BCUT2D eigenvalue weighted by molar-refractivity contribution is 5.92. The zero-order valence-electron chi connectivity index (χ0n) is 11.7. The van der Waals surface area contributed by atoms with Crippen LogP contribution in [0.25, 0.3) is 0 Å². The molecule has 0 saturated heterocycles. The molecule has 0 unspecified atom stereocenters. The highest BCUT2D eigenvalue weighted by atomic mass is 19.1. The summed E-state index contributed by atoms with van der Waals surface area (Å²) in [6.45, 7) is 4.59. The molecule has 0 spiro atoms. The predicted octanol–water partition coefficient (Wildman–Crippen LogP) is 2.00. The molecule has 112 valence electrons. The molecule has 1 amide bonds. The molecule has 1 rings (SSSR count). The fourth-order valence-electron chi connectivity index (χ4n) is 1.76. The van der Waals surface area contributed by atoms with Crippen molar-refractivity contribution in [3.63, 3.8) is 0 Å². The van der Waals surface area contributed by atoms with E-state index in [1.807, 2.05) is 18.7 Å². The van der Waals surface area contributed by atoms with Gasteiger partial charge in [0.25, 0.3) is 0 Å². The van der Waals surface area contributed by atoms with Crippen molar-refractivity contribution >= 4 is 11.6 Å². The van der Waals surface area contributed by atoms with E-state index in [9.17, 15) is 13.6 Å². The van der Waals surface area contributed by atoms with Gasteiger partial charge in [-0.15, -0.1) is 0 Å². The largest absolute Gasteiger partial charge is 0.396 e. The molecule has 0 aromatic heterocycles. The maximum Gasteiger partial charge on any atom is 0.238 e. The first kappa shape index (κ1) is 16.5. The molecule has 1 aromatic rings. The van der Waals surface area contributed by atoms with Crippen LogP contribution in [0.5, 0.6) is 0 Å². The Kier molecular flexibility index (Phi) is 6.54. The SMILES string of the molecule is CC(C)N(CCCO)CC(=O)Nc1ccc(F)cc1F. The van der Waals surface area contributed by atoms with Gasteiger partial charge in [-0.25, -0.2) is 8.78 Å². The van der Waals surface area contributed by atoms with Crippen molar-refractivity contribution in [3.8, 4) is 0 Å². The summed E-state index contributed by atoms with van der Waals surface area (Å²) in [6.07, 6.45) is 0.566. The van der Waals surface area contributed by atoms with E-state index in [-0.39, 0.29) is 30.8 Å². The fourth-order valence-corrected chi connectivity index (χ4v) is 1.76. The van der Waals surface area contributed by atoms with Crippen molar-refractivity contribution in [1.82, 2.24) is 4.90 Å². The first-order valence-corrected chi connectivity index (χ1v) is 6.54. The summed E-state index contributed by atoms with van der Waals surface area (Å²) >= 11 is 0. The monoisotopic (exact) mass is 286 g/mol. The zero-order valence-corrected chi connectivity index (χ0v) is 11.7. The van der Waals surface area contributed by atoms with Gasteiger partial charge in [0.1, 0.15) is 11.6 Å². The van der Waals surface area contributed by atoms with Crippen LogP contribution in [0.3, 0.4) is 0 Å². The van der Waals surface area contributed by atoms with Crippen molar-refractivity contribution < 1.29 is 18.7 Å². The van der Waals surface area contributed by atoms with E-state index >= 15 is 0 Å². The predicted molar refractivity (Wildman–Crippen MR) is 73.4 cm³/mol. The molecular weight excluding hydrogens is 266 g/mol. The van der Waals surface area contributed by atoms with E-state index in [4.69, 9.17) is 5.11 Å². The third kappa shape index (κ3) is 5.22. The van der Waals surface area contributed by atoms with Crippen molar-refractivity contribution in [2.75, 3.05) is 25.0 Å². The van der Waals surface area contributed by atoms with Gasteiger partial charge in [0.05, 0.1) is 12.2 Å². The van der Waals surface area contributed by atoms with Crippen LogP contribution in [-0.4, -0.2) is 41.7 Å². The summed E-state index contributed by atoms with van der Waals surface area (Å²) in [5.74, 6) is -1.86. The summed E-state index contributed by atoms with van der Waals surface area (Å²) in [7, 11) is 0. The average Bonchev–Trinajstić information content (AvgIpc) is 2.37. The first-order valence-electron chi connectivity index (χ1n) is 6.54. The number of rotatable bonds is 7. The first-order chi connectivity index (χ1) is 9.43. The number of aliphatic hydroxyl groups is 1. The van der Waals surface area contributed by atoms with Crippen molar-refractivity contribution in [2.24, 2.45) is 0 Å². The van der Waals surface area contributed by atoms with Crippen LogP contribution < -0.4 is 5.32 Å². The zero-order chi connectivity index (χ0) is 15.1. The minimum absolute atomic E-state index is 0.0396. The normalized spacial score (nSPS) is 11.2. The van der Waals surface area contributed by atoms with Crippen LogP contribution in [0.15, 0.2) is 18.2 Å². The second-order valence-electron chi connectivity index (χ2n) is 4.81. The number of aliphatic hydroxyl groups excluding tert-OH is 1. The lowest BCUT2D eigenvalue weighted by Gasteiger charge is -2.25. The smallest absolute Gasteiger partial charge is 0.238 e. The minimum atomic E-state index is -0.801. The van der Waals surface area contributed by atoms with E-state index in [1.165, 1.54) is 6.07 Å². The Hall–Kier alpha value is -1.53. The molecule has 0 bridgehead atoms. The van der Waals surface area contributed by atoms with Gasteiger partial charge >= 0.3 is 0 Å². The highest BCUT2D eigenvalue weighted by Crippen LogP contribution is 2.15. The molecule has 0 heterocycles. The number of halogens is 2. The van der Waals surface area contributed by atoms with E-state index < -0.39 is 11.6 Å². The number of benzene rings is 1. The molecule has 2 N–H and O–H groups in total. The lowest BCUT2D eigenvalue weighted by atomic mass is 10.2. The van der Waals surface area contributed by atoms with Gasteiger partial charge in [0.15, 0.2) is 0 Å². The van der Waals surface area contributed by atoms with Crippen LogP contribution in [0.4, 0.5) is 14.5 Å². The molecule has 0 saturated carbocycles. The Bertz CT molecular complexity index is 453. The topological polar surface area (TPSA) is 52.6 Å². The lowest BCUT2D eigenvalue weighted by Crippen LogP contribution is -2.39. The van der Waals surface area contributed by atoms with Crippen LogP contribution >= 0.6 is 0 Å². The van der Waals surface area contributed by atoms with Crippen LogP contribution in [0.2, 0.25) is 0 Å². The van der Waals surface area contributed by atoms with E-state index in [0.717, 1.165) is 12.1 Å².